The van der Waals surface area contributed by atoms with Crippen LogP contribution >= 0.6 is 0 Å². The van der Waals surface area contributed by atoms with Gasteiger partial charge in [-0.2, -0.15) is 0 Å². The number of hydrogen-bond acceptors (Lipinski definition) is 6. The smallest absolute Gasteiger partial charge is 0.330 e. The zero-order valence-electron chi connectivity index (χ0n) is 10.7. The number of aliphatic hydroxyl groups excluding tert-OH is 1. The molecule has 0 bridgehead atoms. The first-order valence-electron chi connectivity index (χ1n) is 5.69. The number of esters is 1. The van der Waals surface area contributed by atoms with Gasteiger partial charge in [0.15, 0.2) is 6.04 Å². The second-order valence-electron chi connectivity index (χ2n) is 3.93. The lowest BCUT2D eigenvalue weighted by atomic mass is 10.1. The molecule has 0 spiro atoms. The van der Waals surface area contributed by atoms with Crippen LogP contribution in [0.25, 0.3) is 0 Å². The van der Waals surface area contributed by atoms with Crippen LogP contribution in [0.4, 0.5) is 5.69 Å². The van der Waals surface area contributed by atoms with Crippen LogP contribution in [0.2, 0.25) is 0 Å². The van der Waals surface area contributed by atoms with Crippen molar-refractivity contribution in [1.29, 1.82) is 0 Å². The number of carbonyl (C=O) groups excluding carboxylic acids is 2. The maximum atomic E-state index is 11.7. The lowest BCUT2D eigenvalue weighted by molar-refractivity contribution is -0.384. The molecule has 0 heterocycles. The Morgan fingerprint density at radius 3 is 2.75 bits per heavy atom. The fourth-order valence-corrected chi connectivity index (χ4v) is 1.53. The summed E-state index contributed by atoms with van der Waals surface area (Å²) in [4.78, 5) is 32.9. The Labute approximate surface area is 114 Å². The van der Waals surface area contributed by atoms with Crippen LogP contribution in [0, 0.1) is 10.1 Å². The van der Waals surface area contributed by atoms with Crippen molar-refractivity contribution in [3.63, 3.8) is 0 Å². The maximum absolute atomic E-state index is 11.7. The lowest BCUT2D eigenvalue weighted by Crippen LogP contribution is -2.44. The van der Waals surface area contributed by atoms with Gasteiger partial charge in [0, 0.05) is 12.1 Å². The third-order valence-electron chi connectivity index (χ3n) is 2.49. The van der Waals surface area contributed by atoms with Crippen molar-refractivity contribution in [3.8, 4) is 0 Å². The van der Waals surface area contributed by atoms with E-state index in [9.17, 15) is 19.7 Å². The number of nitro benzene ring substituents is 1. The molecule has 0 saturated heterocycles. The third-order valence-corrected chi connectivity index (χ3v) is 2.49. The normalized spacial score (nSPS) is 11.5. The number of amides is 1. The molecule has 1 amide bonds. The van der Waals surface area contributed by atoms with Crippen LogP contribution in [0.5, 0.6) is 0 Å². The minimum absolute atomic E-state index is 0.123. The van der Waals surface area contributed by atoms with E-state index in [0.29, 0.717) is 5.56 Å². The minimum Gasteiger partial charge on any atom is -0.467 e. The van der Waals surface area contributed by atoms with E-state index >= 15 is 0 Å². The topological polar surface area (TPSA) is 119 Å². The van der Waals surface area contributed by atoms with Crippen molar-refractivity contribution in [1.82, 2.24) is 5.32 Å². The number of hydrogen-bond donors (Lipinski definition) is 2. The van der Waals surface area contributed by atoms with E-state index in [-0.39, 0.29) is 12.1 Å². The first-order valence-corrected chi connectivity index (χ1v) is 5.69. The molecule has 1 atom stereocenters. The van der Waals surface area contributed by atoms with Gasteiger partial charge >= 0.3 is 5.97 Å². The summed E-state index contributed by atoms with van der Waals surface area (Å²) in [6, 6.07) is 4.45. The lowest BCUT2D eigenvalue weighted by Gasteiger charge is -2.13. The number of nitrogens with one attached hydrogen (secondary N) is 1. The fourth-order valence-electron chi connectivity index (χ4n) is 1.53. The molecule has 8 heteroatoms. The molecule has 1 aromatic carbocycles. The first kappa shape index (κ1) is 15.6. The minimum atomic E-state index is -1.15. The maximum Gasteiger partial charge on any atom is 0.330 e. The summed E-state index contributed by atoms with van der Waals surface area (Å²) < 4.78 is 4.40. The van der Waals surface area contributed by atoms with Gasteiger partial charge in [-0.25, -0.2) is 4.79 Å². The van der Waals surface area contributed by atoms with Crippen LogP contribution in [-0.4, -0.2) is 41.7 Å². The Hall–Kier alpha value is -2.48. The second kappa shape index (κ2) is 7.19. The molecular formula is C12H14N2O6. The van der Waals surface area contributed by atoms with Gasteiger partial charge in [0.25, 0.3) is 5.69 Å². The van der Waals surface area contributed by atoms with E-state index in [4.69, 9.17) is 5.11 Å². The van der Waals surface area contributed by atoms with E-state index in [1.165, 1.54) is 18.2 Å². The predicted molar refractivity (Wildman–Crippen MR) is 67.8 cm³/mol. The van der Waals surface area contributed by atoms with Gasteiger partial charge in [-0.05, 0) is 5.56 Å². The molecule has 0 radical (unpaired) electrons. The molecule has 8 nitrogen and oxygen atoms in total. The molecule has 2 N–H and O–H groups in total. The van der Waals surface area contributed by atoms with Gasteiger partial charge in [0.05, 0.1) is 25.1 Å². The van der Waals surface area contributed by atoms with Crippen molar-refractivity contribution in [3.05, 3.63) is 39.9 Å². The zero-order chi connectivity index (χ0) is 15.1. The highest BCUT2D eigenvalue weighted by molar-refractivity contribution is 5.85. The van der Waals surface area contributed by atoms with Gasteiger partial charge in [0.2, 0.25) is 5.91 Å². The Morgan fingerprint density at radius 1 is 1.50 bits per heavy atom. The highest BCUT2D eigenvalue weighted by atomic mass is 16.6. The molecular weight excluding hydrogens is 268 g/mol. The third kappa shape index (κ3) is 4.32. The van der Waals surface area contributed by atoms with Crippen molar-refractivity contribution < 1.29 is 24.4 Å². The number of rotatable bonds is 6. The van der Waals surface area contributed by atoms with Crippen LogP contribution in [0.3, 0.4) is 0 Å². The van der Waals surface area contributed by atoms with Gasteiger partial charge in [-0.15, -0.1) is 0 Å². The van der Waals surface area contributed by atoms with Crippen molar-refractivity contribution in [2.24, 2.45) is 0 Å². The molecule has 1 aromatic rings. The summed E-state index contributed by atoms with van der Waals surface area (Å²) in [5.41, 5.74) is 0.306. The van der Waals surface area contributed by atoms with Crippen LogP contribution in [0.1, 0.15) is 5.56 Å². The predicted octanol–water partition coefficient (Wildman–Crippen LogP) is -0.213. The van der Waals surface area contributed by atoms with Gasteiger partial charge < -0.3 is 15.2 Å². The number of aliphatic hydroxyl groups is 1. The standard InChI is InChI=1S/C12H14N2O6/c1-20-12(17)10(7-15)13-11(16)6-8-3-2-4-9(5-8)14(18)19/h2-5,10,15H,6-7H2,1H3,(H,13,16). The van der Waals surface area contributed by atoms with E-state index in [1.54, 1.807) is 6.07 Å². The molecule has 0 fully saturated rings. The number of methoxy groups -OCH3 is 1. The molecule has 1 unspecified atom stereocenters. The molecule has 0 aliphatic rings. The number of nitro groups is 1. The molecule has 0 aliphatic carbocycles. The van der Waals surface area contributed by atoms with E-state index in [0.717, 1.165) is 7.11 Å². The summed E-state index contributed by atoms with van der Waals surface area (Å²) in [6.07, 6.45) is -0.144. The number of carbonyl (C=O) groups is 2. The summed E-state index contributed by atoms with van der Waals surface area (Å²) in [7, 11) is 1.14. The number of nitrogens with zero attached hydrogens (tertiary/aromatic N) is 1. The molecule has 0 aliphatic heterocycles. The molecule has 0 aromatic heterocycles. The largest absolute Gasteiger partial charge is 0.467 e. The number of non-ortho nitro benzene ring substituents is 1. The molecule has 108 valence electrons. The van der Waals surface area contributed by atoms with Gasteiger partial charge in [-0.1, -0.05) is 12.1 Å². The summed E-state index contributed by atoms with van der Waals surface area (Å²) in [6.45, 7) is -0.590. The Kier molecular flexibility index (Phi) is 5.60. The molecule has 20 heavy (non-hydrogen) atoms. The molecule has 0 saturated carbocycles. The van der Waals surface area contributed by atoms with Crippen LogP contribution in [-0.2, 0) is 20.7 Å². The average Bonchev–Trinajstić information content (AvgIpc) is 2.44. The monoisotopic (exact) mass is 282 g/mol. The quantitative estimate of drug-likeness (QED) is 0.423. The van der Waals surface area contributed by atoms with Crippen LogP contribution < -0.4 is 5.32 Å². The first-order chi connectivity index (χ1) is 9.47. The fraction of sp³-hybridized carbons (Fsp3) is 0.333. The Bertz CT molecular complexity index is 516. The SMILES string of the molecule is COC(=O)C(CO)NC(=O)Cc1cccc([N+](=O)[O-])c1. The van der Waals surface area contributed by atoms with E-state index < -0.39 is 29.4 Å². The highest BCUT2D eigenvalue weighted by Gasteiger charge is 2.20. The zero-order valence-corrected chi connectivity index (χ0v) is 10.7. The Morgan fingerprint density at radius 2 is 2.20 bits per heavy atom. The van der Waals surface area contributed by atoms with Crippen molar-refractivity contribution in [2.45, 2.75) is 12.5 Å². The average molecular weight is 282 g/mol. The number of ether oxygens (including phenoxy) is 1. The van der Waals surface area contributed by atoms with Gasteiger partial charge in [-0.3, -0.25) is 14.9 Å². The second-order valence-corrected chi connectivity index (χ2v) is 3.93. The van der Waals surface area contributed by atoms with E-state index in [1.807, 2.05) is 0 Å². The van der Waals surface area contributed by atoms with Crippen LogP contribution in [0.15, 0.2) is 24.3 Å². The summed E-state index contributed by atoms with van der Waals surface area (Å²) >= 11 is 0. The number of benzene rings is 1. The summed E-state index contributed by atoms with van der Waals surface area (Å²) in [5.74, 6) is -1.31. The Balaban J connectivity index is 2.68. The van der Waals surface area contributed by atoms with Crippen molar-refractivity contribution >= 4 is 17.6 Å². The highest BCUT2D eigenvalue weighted by Crippen LogP contribution is 2.13. The van der Waals surface area contributed by atoms with Gasteiger partial charge in [0.1, 0.15) is 0 Å². The summed E-state index contributed by atoms with van der Waals surface area (Å²) in [5, 5.41) is 21.8. The van der Waals surface area contributed by atoms with Crippen molar-refractivity contribution in [2.75, 3.05) is 13.7 Å². The molecule has 1 rings (SSSR count). The van der Waals surface area contributed by atoms with E-state index in [2.05, 4.69) is 10.1 Å².